The Hall–Kier alpha value is -2.09. The highest BCUT2D eigenvalue weighted by Crippen LogP contribution is 2.31. The minimum Gasteiger partial charge on any atom is -0.481 e. The number of carboxylic acid groups (broad SMARTS) is 1. The molecule has 1 saturated heterocycles. The van der Waals surface area contributed by atoms with Crippen molar-refractivity contribution in [2.24, 2.45) is 5.41 Å². The fourth-order valence-corrected chi connectivity index (χ4v) is 4.60. The monoisotopic (exact) mass is 368 g/mol. The van der Waals surface area contributed by atoms with E-state index in [4.69, 9.17) is 5.11 Å². The molecule has 1 aliphatic heterocycles. The molecule has 0 aliphatic carbocycles. The second kappa shape index (κ2) is 7.03. The topological polar surface area (TPSA) is 104 Å². The maximum atomic E-state index is 12.2. The van der Waals surface area contributed by atoms with Crippen molar-refractivity contribution in [1.29, 1.82) is 0 Å². The van der Waals surface area contributed by atoms with Crippen LogP contribution in [-0.4, -0.2) is 37.7 Å². The standard InChI is InChI=1S/C17H24N2O5S/c1-12-5-6-13(9-14(12)19-7-4-8-25(19,23)24)18-15(20)10-17(2,3)11-16(21)22/h5-6,9H,4,7-8,10-11H2,1-3H3,(H,18,20)(H,21,22). The van der Waals surface area contributed by atoms with Gasteiger partial charge in [0, 0.05) is 18.7 Å². The minimum atomic E-state index is -3.29. The lowest BCUT2D eigenvalue weighted by atomic mass is 9.85. The predicted molar refractivity (Wildman–Crippen MR) is 96.2 cm³/mol. The molecule has 0 spiro atoms. The average molecular weight is 368 g/mol. The number of sulfonamides is 1. The molecule has 0 saturated carbocycles. The van der Waals surface area contributed by atoms with Crippen LogP contribution in [0, 0.1) is 12.3 Å². The minimum absolute atomic E-state index is 0.0600. The fraction of sp³-hybridized carbons (Fsp3) is 0.529. The predicted octanol–water partition coefficient (Wildman–Crippen LogP) is 2.36. The third-order valence-corrected chi connectivity index (χ3v) is 5.99. The van der Waals surface area contributed by atoms with Gasteiger partial charge in [-0.2, -0.15) is 0 Å². The second-order valence-electron chi connectivity index (χ2n) is 7.20. The molecule has 8 heteroatoms. The Labute approximate surface area is 148 Å². The molecule has 2 N–H and O–H groups in total. The summed E-state index contributed by atoms with van der Waals surface area (Å²) in [6, 6.07) is 5.13. The van der Waals surface area contributed by atoms with Crippen molar-refractivity contribution in [3.63, 3.8) is 0 Å². The van der Waals surface area contributed by atoms with E-state index >= 15 is 0 Å². The Morgan fingerprint density at radius 2 is 1.96 bits per heavy atom. The summed E-state index contributed by atoms with van der Waals surface area (Å²) in [7, 11) is -3.29. The summed E-state index contributed by atoms with van der Waals surface area (Å²) in [5.74, 6) is -1.12. The summed E-state index contributed by atoms with van der Waals surface area (Å²) in [5.41, 5.74) is 1.22. The third-order valence-electron chi connectivity index (χ3n) is 4.13. The SMILES string of the molecule is Cc1ccc(NC(=O)CC(C)(C)CC(=O)O)cc1N1CCCS1(=O)=O. The Bertz CT molecular complexity index is 786. The average Bonchev–Trinajstić information content (AvgIpc) is 2.78. The van der Waals surface area contributed by atoms with Crippen LogP contribution in [0.25, 0.3) is 0 Å². The zero-order valence-corrected chi connectivity index (χ0v) is 15.5. The highest BCUT2D eigenvalue weighted by atomic mass is 32.2. The summed E-state index contributed by atoms with van der Waals surface area (Å²) < 4.78 is 25.6. The maximum absolute atomic E-state index is 12.2. The van der Waals surface area contributed by atoms with Crippen molar-refractivity contribution in [3.8, 4) is 0 Å². The molecule has 2 rings (SSSR count). The molecule has 1 fully saturated rings. The summed E-state index contributed by atoms with van der Waals surface area (Å²) in [6.07, 6.45) is 0.540. The number of aliphatic carboxylic acids is 1. The third kappa shape index (κ3) is 4.94. The number of rotatable bonds is 6. The number of nitrogens with zero attached hydrogens (tertiary/aromatic N) is 1. The highest BCUT2D eigenvalue weighted by Gasteiger charge is 2.30. The van der Waals surface area contributed by atoms with Crippen LogP contribution in [0.3, 0.4) is 0 Å². The summed E-state index contributed by atoms with van der Waals surface area (Å²) in [6.45, 7) is 5.70. The van der Waals surface area contributed by atoms with E-state index in [1.165, 1.54) is 4.31 Å². The Morgan fingerprint density at radius 3 is 2.52 bits per heavy atom. The molecule has 7 nitrogen and oxygen atoms in total. The largest absolute Gasteiger partial charge is 0.481 e. The molecule has 0 unspecified atom stereocenters. The molecule has 1 aromatic carbocycles. The van der Waals surface area contributed by atoms with Crippen molar-refractivity contribution in [2.45, 2.75) is 40.0 Å². The van der Waals surface area contributed by atoms with E-state index in [0.29, 0.717) is 24.3 Å². The molecule has 25 heavy (non-hydrogen) atoms. The van der Waals surface area contributed by atoms with E-state index in [9.17, 15) is 18.0 Å². The number of amides is 1. The van der Waals surface area contributed by atoms with Crippen LogP contribution in [0.15, 0.2) is 18.2 Å². The fourth-order valence-electron chi connectivity index (χ4n) is 2.98. The van der Waals surface area contributed by atoms with E-state index in [2.05, 4.69) is 5.32 Å². The van der Waals surface area contributed by atoms with Gasteiger partial charge in [-0.15, -0.1) is 0 Å². The van der Waals surface area contributed by atoms with E-state index in [1.807, 2.05) is 6.92 Å². The van der Waals surface area contributed by atoms with Gasteiger partial charge in [0.25, 0.3) is 0 Å². The second-order valence-corrected chi connectivity index (χ2v) is 9.22. The summed E-state index contributed by atoms with van der Waals surface area (Å²) in [5, 5.41) is 11.6. The number of aryl methyl sites for hydroxylation is 1. The lowest BCUT2D eigenvalue weighted by Crippen LogP contribution is -2.26. The van der Waals surface area contributed by atoms with Crippen molar-refractivity contribution in [2.75, 3.05) is 21.9 Å². The Kier molecular flexibility index (Phi) is 5.41. The van der Waals surface area contributed by atoms with Crippen molar-refractivity contribution < 1.29 is 23.1 Å². The summed E-state index contributed by atoms with van der Waals surface area (Å²) in [4.78, 5) is 23.1. The molecule has 1 aliphatic rings. The number of benzene rings is 1. The van der Waals surface area contributed by atoms with Crippen LogP contribution in [0.1, 0.15) is 38.7 Å². The van der Waals surface area contributed by atoms with E-state index in [0.717, 1.165) is 5.56 Å². The first kappa shape index (κ1) is 19.2. The molecule has 1 heterocycles. The van der Waals surface area contributed by atoms with Crippen molar-refractivity contribution in [3.05, 3.63) is 23.8 Å². The number of anilines is 2. The molecule has 1 amide bonds. The van der Waals surface area contributed by atoms with E-state index in [1.54, 1.807) is 32.0 Å². The van der Waals surface area contributed by atoms with Gasteiger partial charge >= 0.3 is 5.97 Å². The molecular weight excluding hydrogens is 344 g/mol. The Balaban J connectivity index is 2.15. The van der Waals surface area contributed by atoms with Crippen molar-refractivity contribution >= 4 is 33.3 Å². The number of hydrogen-bond donors (Lipinski definition) is 2. The first-order valence-electron chi connectivity index (χ1n) is 8.13. The van der Waals surface area contributed by atoms with E-state index < -0.39 is 21.4 Å². The number of hydrogen-bond acceptors (Lipinski definition) is 4. The number of nitrogens with one attached hydrogen (secondary N) is 1. The molecule has 0 radical (unpaired) electrons. The summed E-state index contributed by atoms with van der Waals surface area (Å²) >= 11 is 0. The Morgan fingerprint density at radius 1 is 1.28 bits per heavy atom. The van der Waals surface area contributed by atoms with Gasteiger partial charge in [0.15, 0.2) is 0 Å². The zero-order valence-electron chi connectivity index (χ0n) is 14.7. The molecule has 1 aromatic rings. The molecule has 0 atom stereocenters. The lowest BCUT2D eigenvalue weighted by Gasteiger charge is -2.22. The number of carbonyl (C=O) groups excluding carboxylic acids is 1. The van der Waals surface area contributed by atoms with Crippen LogP contribution >= 0.6 is 0 Å². The van der Waals surface area contributed by atoms with Crippen molar-refractivity contribution in [1.82, 2.24) is 0 Å². The van der Waals surface area contributed by atoms with Gasteiger partial charge in [-0.05, 0) is 36.5 Å². The molecule has 0 aromatic heterocycles. The smallest absolute Gasteiger partial charge is 0.303 e. The maximum Gasteiger partial charge on any atom is 0.303 e. The zero-order chi connectivity index (χ0) is 18.8. The van der Waals surface area contributed by atoms with E-state index in [-0.39, 0.29) is 24.5 Å². The van der Waals surface area contributed by atoms with Crippen LogP contribution in [0.2, 0.25) is 0 Å². The normalized spacial score (nSPS) is 16.7. The van der Waals surface area contributed by atoms with Gasteiger partial charge < -0.3 is 10.4 Å². The van der Waals surface area contributed by atoms with Gasteiger partial charge in [0.05, 0.1) is 17.9 Å². The van der Waals surface area contributed by atoms with Gasteiger partial charge in [-0.3, -0.25) is 13.9 Å². The van der Waals surface area contributed by atoms with Gasteiger partial charge in [0.1, 0.15) is 0 Å². The van der Waals surface area contributed by atoms with Gasteiger partial charge in [-0.25, -0.2) is 8.42 Å². The van der Waals surface area contributed by atoms with Crippen LogP contribution in [-0.2, 0) is 19.6 Å². The van der Waals surface area contributed by atoms with Gasteiger partial charge in [0.2, 0.25) is 15.9 Å². The number of carboxylic acids is 1. The van der Waals surface area contributed by atoms with Crippen LogP contribution < -0.4 is 9.62 Å². The first-order chi connectivity index (χ1) is 11.5. The first-order valence-corrected chi connectivity index (χ1v) is 9.74. The molecule has 0 bridgehead atoms. The van der Waals surface area contributed by atoms with Crippen LogP contribution in [0.4, 0.5) is 11.4 Å². The highest BCUT2D eigenvalue weighted by molar-refractivity contribution is 7.93. The number of carbonyl (C=O) groups is 2. The van der Waals surface area contributed by atoms with Crippen LogP contribution in [0.5, 0.6) is 0 Å². The quantitative estimate of drug-likeness (QED) is 0.802. The lowest BCUT2D eigenvalue weighted by molar-refractivity contribution is -0.139. The van der Waals surface area contributed by atoms with Gasteiger partial charge in [-0.1, -0.05) is 19.9 Å². The molecular formula is C17H24N2O5S. The molecule has 138 valence electrons.